The number of hydrogen-bond donors (Lipinski definition) is 1. The second-order valence-electron chi connectivity index (χ2n) is 5.30. The average molecular weight is 252 g/mol. The smallest absolute Gasteiger partial charge is 0.265 e. The van der Waals surface area contributed by atoms with Crippen LogP contribution in [0, 0.1) is 5.92 Å². The van der Waals surface area contributed by atoms with Crippen LogP contribution in [0.25, 0.3) is 0 Å². The SMILES string of the molecule is CCNC(Cc1nc(N(C)C)no1)C1CCCC1. The van der Waals surface area contributed by atoms with Crippen LogP contribution in [-0.4, -0.2) is 36.8 Å². The second kappa shape index (κ2) is 6.18. The number of rotatable bonds is 6. The monoisotopic (exact) mass is 252 g/mol. The van der Waals surface area contributed by atoms with E-state index in [0.29, 0.717) is 12.0 Å². The van der Waals surface area contributed by atoms with Crippen molar-refractivity contribution < 1.29 is 4.52 Å². The van der Waals surface area contributed by atoms with Gasteiger partial charge in [0, 0.05) is 26.6 Å². The fourth-order valence-electron chi connectivity index (χ4n) is 2.73. The van der Waals surface area contributed by atoms with Crippen LogP contribution in [-0.2, 0) is 6.42 Å². The van der Waals surface area contributed by atoms with Crippen molar-refractivity contribution in [2.24, 2.45) is 5.92 Å². The zero-order chi connectivity index (χ0) is 13.0. The molecule has 1 aliphatic carbocycles. The van der Waals surface area contributed by atoms with Gasteiger partial charge in [-0.05, 0) is 30.5 Å². The normalized spacial score (nSPS) is 18.2. The van der Waals surface area contributed by atoms with Gasteiger partial charge in [-0.2, -0.15) is 4.98 Å². The van der Waals surface area contributed by atoms with E-state index < -0.39 is 0 Å². The highest BCUT2D eigenvalue weighted by molar-refractivity contribution is 5.23. The van der Waals surface area contributed by atoms with Gasteiger partial charge in [-0.25, -0.2) is 0 Å². The van der Waals surface area contributed by atoms with Crippen molar-refractivity contribution in [3.05, 3.63) is 5.89 Å². The van der Waals surface area contributed by atoms with E-state index in [2.05, 4.69) is 22.4 Å². The molecule has 0 saturated heterocycles. The summed E-state index contributed by atoms with van der Waals surface area (Å²) < 4.78 is 5.32. The van der Waals surface area contributed by atoms with Gasteiger partial charge >= 0.3 is 0 Å². The highest BCUT2D eigenvalue weighted by atomic mass is 16.5. The van der Waals surface area contributed by atoms with Gasteiger partial charge in [0.15, 0.2) is 0 Å². The van der Waals surface area contributed by atoms with Crippen LogP contribution in [0.1, 0.15) is 38.5 Å². The predicted octanol–water partition coefficient (Wildman–Crippen LogP) is 1.85. The summed E-state index contributed by atoms with van der Waals surface area (Å²) in [4.78, 5) is 6.28. The first-order chi connectivity index (χ1) is 8.70. The molecule has 1 aromatic rings. The quantitative estimate of drug-likeness (QED) is 0.837. The van der Waals surface area contributed by atoms with E-state index in [-0.39, 0.29) is 0 Å². The molecule has 1 aromatic heterocycles. The second-order valence-corrected chi connectivity index (χ2v) is 5.30. The van der Waals surface area contributed by atoms with Crippen LogP contribution in [0.5, 0.6) is 0 Å². The zero-order valence-electron chi connectivity index (χ0n) is 11.6. The number of hydrogen-bond acceptors (Lipinski definition) is 5. The Morgan fingerprint density at radius 1 is 1.39 bits per heavy atom. The summed E-state index contributed by atoms with van der Waals surface area (Å²) in [6, 6.07) is 0.480. The lowest BCUT2D eigenvalue weighted by Gasteiger charge is -2.22. The average Bonchev–Trinajstić information content (AvgIpc) is 2.99. The summed E-state index contributed by atoms with van der Waals surface area (Å²) in [5.41, 5.74) is 0. The molecule has 0 aromatic carbocycles. The number of nitrogens with zero attached hydrogens (tertiary/aromatic N) is 3. The molecular weight excluding hydrogens is 228 g/mol. The van der Waals surface area contributed by atoms with Gasteiger partial charge in [0.2, 0.25) is 5.89 Å². The van der Waals surface area contributed by atoms with Crippen LogP contribution < -0.4 is 10.2 Å². The van der Waals surface area contributed by atoms with Gasteiger partial charge in [-0.15, -0.1) is 0 Å². The van der Waals surface area contributed by atoms with Crippen molar-refractivity contribution >= 4 is 5.95 Å². The van der Waals surface area contributed by atoms with Crippen molar-refractivity contribution in [3.63, 3.8) is 0 Å². The molecule has 0 spiro atoms. The summed E-state index contributed by atoms with van der Waals surface area (Å²) in [6.45, 7) is 3.15. The largest absolute Gasteiger partial charge is 0.344 e. The summed E-state index contributed by atoms with van der Waals surface area (Å²) in [7, 11) is 3.85. The minimum absolute atomic E-state index is 0.480. The lowest BCUT2D eigenvalue weighted by Crippen LogP contribution is -2.37. The molecule has 1 aliphatic rings. The highest BCUT2D eigenvalue weighted by Gasteiger charge is 2.26. The van der Waals surface area contributed by atoms with E-state index in [1.165, 1.54) is 25.7 Å². The van der Waals surface area contributed by atoms with E-state index in [0.717, 1.165) is 24.8 Å². The third-order valence-electron chi connectivity index (χ3n) is 3.69. The molecule has 5 nitrogen and oxygen atoms in total. The molecule has 1 fully saturated rings. The zero-order valence-corrected chi connectivity index (χ0v) is 11.6. The fraction of sp³-hybridized carbons (Fsp3) is 0.846. The molecule has 0 bridgehead atoms. The number of nitrogens with one attached hydrogen (secondary N) is 1. The molecule has 1 saturated carbocycles. The van der Waals surface area contributed by atoms with E-state index >= 15 is 0 Å². The third-order valence-corrected chi connectivity index (χ3v) is 3.69. The maximum absolute atomic E-state index is 5.32. The molecule has 1 N–H and O–H groups in total. The van der Waals surface area contributed by atoms with Crippen molar-refractivity contribution in [3.8, 4) is 0 Å². The van der Waals surface area contributed by atoms with E-state index in [1.807, 2.05) is 19.0 Å². The van der Waals surface area contributed by atoms with Crippen molar-refractivity contribution in [1.82, 2.24) is 15.5 Å². The van der Waals surface area contributed by atoms with Crippen molar-refractivity contribution in [1.29, 1.82) is 0 Å². The van der Waals surface area contributed by atoms with Crippen LogP contribution in [0.2, 0.25) is 0 Å². The van der Waals surface area contributed by atoms with Crippen molar-refractivity contribution in [2.75, 3.05) is 25.5 Å². The van der Waals surface area contributed by atoms with Crippen molar-refractivity contribution in [2.45, 2.75) is 45.1 Å². The topological polar surface area (TPSA) is 54.2 Å². The maximum Gasteiger partial charge on any atom is 0.265 e. The predicted molar refractivity (Wildman–Crippen MR) is 71.8 cm³/mol. The lowest BCUT2D eigenvalue weighted by atomic mass is 9.95. The Bertz CT molecular complexity index is 358. The van der Waals surface area contributed by atoms with E-state index in [9.17, 15) is 0 Å². The maximum atomic E-state index is 5.32. The van der Waals surface area contributed by atoms with E-state index in [1.54, 1.807) is 0 Å². The van der Waals surface area contributed by atoms with Gasteiger partial charge in [0.05, 0.1) is 0 Å². The minimum Gasteiger partial charge on any atom is -0.344 e. The molecule has 1 heterocycles. The first kappa shape index (κ1) is 13.3. The van der Waals surface area contributed by atoms with Gasteiger partial charge in [-0.3, -0.25) is 0 Å². The minimum atomic E-state index is 0.480. The van der Waals surface area contributed by atoms with E-state index in [4.69, 9.17) is 4.52 Å². The first-order valence-electron chi connectivity index (χ1n) is 6.94. The van der Waals surface area contributed by atoms with Gasteiger partial charge < -0.3 is 14.7 Å². The summed E-state index contributed by atoms with van der Waals surface area (Å²) in [6.07, 6.45) is 6.22. The molecular formula is C13H24N4O. The van der Waals surface area contributed by atoms with Gasteiger partial charge in [0.1, 0.15) is 0 Å². The number of likely N-dealkylation sites (N-methyl/N-ethyl adjacent to an activating group) is 1. The fourth-order valence-corrected chi connectivity index (χ4v) is 2.73. The Labute approximate surface area is 109 Å². The summed E-state index contributed by atoms with van der Waals surface area (Å²) in [5.74, 6) is 2.17. The molecule has 2 rings (SSSR count). The first-order valence-corrected chi connectivity index (χ1v) is 6.94. The Morgan fingerprint density at radius 3 is 2.67 bits per heavy atom. The van der Waals surface area contributed by atoms with Gasteiger partial charge in [-0.1, -0.05) is 19.8 Å². The molecule has 102 valence electrons. The summed E-state index contributed by atoms with van der Waals surface area (Å²) >= 11 is 0. The molecule has 0 radical (unpaired) electrons. The van der Waals surface area contributed by atoms with Gasteiger partial charge in [0.25, 0.3) is 5.95 Å². The standard InChI is InChI=1S/C13H24N4O/c1-4-14-11(10-7-5-6-8-10)9-12-15-13(16-18-12)17(2)3/h10-11,14H,4-9H2,1-3H3. The molecule has 1 unspecified atom stereocenters. The molecule has 5 heteroatoms. The molecule has 0 amide bonds. The lowest BCUT2D eigenvalue weighted by molar-refractivity contribution is 0.311. The van der Waals surface area contributed by atoms with Crippen LogP contribution in [0.3, 0.4) is 0 Å². The number of anilines is 1. The Kier molecular flexibility index (Phi) is 4.58. The summed E-state index contributed by atoms with van der Waals surface area (Å²) in [5, 5.41) is 7.54. The third kappa shape index (κ3) is 3.22. The van der Waals surface area contributed by atoms with Crippen LogP contribution in [0.15, 0.2) is 4.52 Å². The van der Waals surface area contributed by atoms with Crippen LogP contribution >= 0.6 is 0 Å². The Morgan fingerprint density at radius 2 is 2.11 bits per heavy atom. The molecule has 1 atom stereocenters. The Hall–Kier alpha value is -1.10. The Balaban J connectivity index is 1.98. The highest BCUT2D eigenvalue weighted by Crippen LogP contribution is 2.29. The molecule has 0 aliphatic heterocycles. The number of aromatic nitrogens is 2. The molecule has 18 heavy (non-hydrogen) atoms. The van der Waals surface area contributed by atoms with Crippen LogP contribution in [0.4, 0.5) is 5.95 Å².